The van der Waals surface area contributed by atoms with Crippen molar-refractivity contribution in [2.24, 2.45) is 0 Å². The van der Waals surface area contributed by atoms with Gasteiger partial charge in [-0.25, -0.2) is 0 Å². The maximum atomic E-state index is 11.1. The number of nitro benzene ring substituents is 1. The first kappa shape index (κ1) is 14.8. The summed E-state index contributed by atoms with van der Waals surface area (Å²) in [6.45, 7) is 2.34. The van der Waals surface area contributed by atoms with E-state index in [9.17, 15) is 15.2 Å². The lowest BCUT2D eigenvalue weighted by molar-refractivity contribution is -0.384. The Bertz CT molecular complexity index is 424. The summed E-state index contributed by atoms with van der Waals surface area (Å²) in [6.07, 6.45) is 1.30. The highest BCUT2D eigenvalue weighted by Gasteiger charge is 2.18. The zero-order valence-corrected chi connectivity index (χ0v) is 11.6. The quantitative estimate of drug-likeness (QED) is 0.635. The van der Waals surface area contributed by atoms with E-state index in [0.29, 0.717) is 11.3 Å². The van der Waals surface area contributed by atoms with Gasteiger partial charge < -0.3 is 10.0 Å². The van der Waals surface area contributed by atoms with E-state index in [-0.39, 0.29) is 5.69 Å². The van der Waals surface area contributed by atoms with E-state index in [4.69, 9.17) is 0 Å². The topological polar surface area (TPSA) is 66.6 Å². The lowest BCUT2D eigenvalue weighted by Crippen LogP contribution is -2.21. The number of aliphatic hydroxyl groups excluding tert-OH is 1. The Balaban J connectivity index is 3.07. The molecule has 0 aliphatic heterocycles. The molecule has 0 aliphatic rings. The van der Waals surface area contributed by atoms with E-state index >= 15 is 0 Å². The van der Waals surface area contributed by atoms with E-state index in [1.54, 1.807) is 30.8 Å². The summed E-state index contributed by atoms with van der Waals surface area (Å²) in [6, 6.07) is 4.86. The summed E-state index contributed by atoms with van der Waals surface area (Å²) in [5.41, 5.74) is 1.18. The molecule has 6 heteroatoms. The van der Waals surface area contributed by atoms with Crippen molar-refractivity contribution in [2.75, 3.05) is 30.5 Å². The van der Waals surface area contributed by atoms with Crippen molar-refractivity contribution in [2.45, 2.75) is 13.0 Å². The maximum Gasteiger partial charge on any atom is 0.292 e. The average Bonchev–Trinajstić information content (AvgIpc) is 2.34. The largest absolute Gasteiger partial charge is 0.389 e. The number of benzene rings is 1. The molecule has 100 valence electrons. The molecule has 0 bridgehead atoms. The number of thioether (sulfide) groups is 1. The average molecular weight is 270 g/mol. The Morgan fingerprint density at radius 2 is 2.22 bits per heavy atom. The minimum atomic E-state index is -0.700. The molecule has 1 rings (SSSR count). The van der Waals surface area contributed by atoms with Crippen LogP contribution in [0.5, 0.6) is 0 Å². The molecule has 1 unspecified atom stereocenters. The molecule has 0 saturated carbocycles. The van der Waals surface area contributed by atoms with E-state index in [1.807, 2.05) is 18.2 Å². The second-order valence-electron chi connectivity index (χ2n) is 4.10. The molecular formula is C12H18N2O3S. The van der Waals surface area contributed by atoms with Crippen LogP contribution in [0.15, 0.2) is 18.2 Å². The molecule has 5 nitrogen and oxygen atoms in total. The van der Waals surface area contributed by atoms with Gasteiger partial charge in [-0.05, 0) is 24.8 Å². The van der Waals surface area contributed by atoms with Gasteiger partial charge in [-0.15, -0.1) is 0 Å². The third-order valence-corrected chi connectivity index (χ3v) is 3.31. The summed E-state index contributed by atoms with van der Waals surface area (Å²) in [5.74, 6) is 0.909. The van der Waals surface area contributed by atoms with Crippen LogP contribution in [0.1, 0.15) is 18.6 Å². The Kier molecular flexibility index (Phi) is 5.43. The third-order valence-electron chi connectivity index (χ3n) is 2.72. The fraction of sp³-hybridized carbons (Fsp3) is 0.500. The predicted molar refractivity (Wildman–Crippen MR) is 75.4 cm³/mol. The van der Waals surface area contributed by atoms with Crippen LogP contribution in [0.3, 0.4) is 0 Å². The standard InChI is InChI=1S/C12H18N2O3S/c1-9(15)10-4-5-11(12(8-10)14(16)17)13(2)6-7-18-3/h4-5,8-9,15H,6-7H2,1-3H3. The van der Waals surface area contributed by atoms with Gasteiger partial charge in [0, 0.05) is 25.4 Å². The van der Waals surface area contributed by atoms with Gasteiger partial charge in [-0.3, -0.25) is 10.1 Å². The lowest BCUT2D eigenvalue weighted by Gasteiger charge is -2.19. The Morgan fingerprint density at radius 3 is 2.72 bits per heavy atom. The minimum Gasteiger partial charge on any atom is -0.389 e. The zero-order chi connectivity index (χ0) is 13.7. The molecular weight excluding hydrogens is 252 g/mol. The van der Waals surface area contributed by atoms with Gasteiger partial charge in [0.2, 0.25) is 0 Å². The molecule has 0 spiro atoms. The maximum absolute atomic E-state index is 11.1. The van der Waals surface area contributed by atoms with Crippen molar-refractivity contribution in [1.82, 2.24) is 0 Å². The van der Waals surface area contributed by atoms with Gasteiger partial charge in [0.05, 0.1) is 11.0 Å². The first-order valence-corrected chi connectivity index (χ1v) is 7.03. The van der Waals surface area contributed by atoms with E-state index in [2.05, 4.69) is 0 Å². The number of aliphatic hydroxyl groups is 1. The second-order valence-corrected chi connectivity index (χ2v) is 5.08. The Labute approximate surface area is 111 Å². The molecule has 1 N–H and O–H groups in total. The van der Waals surface area contributed by atoms with Crippen LogP contribution in [-0.2, 0) is 0 Å². The molecule has 18 heavy (non-hydrogen) atoms. The van der Waals surface area contributed by atoms with Crippen molar-refractivity contribution < 1.29 is 10.0 Å². The zero-order valence-electron chi connectivity index (χ0n) is 10.8. The summed E-state index contributed by atoms with van der Waals surface area (Å²) in [4.78, 5) is 12.5. The molecule has 0 aromatic heterocycles. The highest BCUT2D eigenvalue weighted by atomic mass is 32.2. The monoisotopic (exact) mass is 270 g/mol. The van der Waals surface area contributed by atoms with E-state index in [1.165, 1.54) is 6.07 Å². The fourth-order valence-electron chi connectivity index (χ4n) is 1.62. The van der Waals surface area contributed by atoms with Gasteiger partial charge in [-0.2, -0.15) is 11.8 Å². The molecule has 1 aromatic carbocycles. The fourth-order valence-corrected chi connectivity index (χ4v) is 2.07. The highest BCUT2D eigenvalue weighted by Crippen LogP contribution is 2.30. The SMILES string of the molecule is CSCCN(C)c1ccc(C(C)O)cc1[N+](=O)[O-]. The lowest BCUT2D eigenvalue weighted by atomic mass is 10.1. The molecule has 0 saturated heterocycles. The number of rotatable bonds is 6. The van der Waals surface area contributed by atoms with E-state index < -0.39 is 11.0 Å². The second kappa shape index (κ2) is 6.61. The van der Waals surface area contributed by atoms with Crippen LogP contribution in [0.2, 0.25) is 0 Å². The van der Waals surface area contributed by atoms with Crippen LogP contribution in [0.25, 0.3) is 0 Å². The first-order valence-electron chi connectivity index (χ1n) is 5.63. The summed E-state index contributed by atoms with van der Waals surface area (Å²) in [5, 5.41) is 20.5. The summed E-state index contributed by atoms with van der Waals surface area (Å²) >= 11 is 1.70. The minimum absolute atomic E-state index is 0.0389. The number of hydrogen-bond donors (Lipinski definition) is 1. The van der Waals surface area contributed by atoms with Crippen LogP contribution in [0, 0.1) is 10.1 Å². The van der Waals surface area contributed by atoms with Gasteiger partial charge in [-0.1, -0.05) is 6.07 Å². The molecule has 0 radical (unpaired) electrons. The number of nitro groups is 1. The van der Waals surface area contributed by atoms with Gasteiger partial charge in [0.15, 0.2) is 0 Å². The third kappa shape index (κ3) is 3.61. The van der Waals surface area contributed by atoms with Crippen molar-refractivity contribution >= 4 is 23.1 Å². The number of nitrogens with zero attached hydrogens (tertiary/aromatic N) is 2. The van der Waals surface area contributed by atoms with Crippen LogP contribution in [0.4, 0.5) is 11.4 Å². The first-order chi connectivity index (χ1) is 8.47. The molecule has 0 amide bonds. The Hall–Kier alpha value is -1.27. The Morgan fingerprint density at radius 1 is 1.56 bits per heavy atom. The van der Waals surface area contributed by atoms with E-state index in [0.717, 1.165) is 12.3 Å². The normalized spacial score (nSPS) is 12.2. The number of hydrogen-bond acceptors (Lipinski definition) is 5. The molecule has 1 atom stereocenters. The van der Waals surface area contributed by atoms with Crippen molar-refractivity contribution in [3.05, 3.63) is 33.9 Å². The predicted octanol–water partition coefficient (Wildman–Crippen LogP) is 2.45. The molecule has 0 aliphatic carbocycles. The van der Waals surface area contributed by atoms with Crippen molar-refractivity contribution in [3.63, 3.8) is 0 Å². The van der Waals surface area contributed by atoms with Crippen molar-refractivity contribution in [1.29, 1.82) is 0 Å². The molecule has 0 fully saturated rings. The molecule has 1 aromatic rings. The van der Waals surface area contributed by atoms with Gasteiger partial charge >= 0.3 is 0 Å². The molecule has 0 heterocycles. The number of anilines is 1. The summed E-state index contributed by atoms with van der Waals surface area (Å²) < 4.78 is 0. The highest BCUT2D eigenvalue weighted by molar-refractivity contribution is 7.98. The van der Waals surface area contributed by atoms with Crippen LogP contribution >= 0.6 is 11.8 Å². The van der Waals surface area contributed by atoms with Crippen molar-refractivity contribution in [3.8, 4) is 0 Å². The van der Waals surface area contributed by atoms with Gasteiger partial charge in [0.1, 0.15) is 5.69 Å². The van der Waals surface area contributed by atoms with Crippen LogP contribution in [-0.4, -0.2) is 35.6 Å². The smallest absolute Gasteiger partial charge is 0.292 e. The summed E-state index contributed by atoms with van der Waals surface area (Å²) in [7, 11) is 1.83. The van der Waals surface area contributed by atoms with Gasteiger partial charge in [0.25, 0.3) is 5.69 Å². The van der Waals surface area contributed by atoms with Crippen LogP contribution < -0.4 is 4.90 Å².